The Morgan fingerprint density at radius 2 is 1.71 bits per heavy atom. The van der Waals surface area contributed by atoms with Crippen molar-refractivity contribution < 1.29 is 0 Å². The molecule has 1 aliphatic rings. The maximum absolute atomic E-state index is 4.00. The predicted molar refractivity (Wildman–Crippen MR) is 78.5 cm³/mol. The Bertz CT molecular complexity index is 336. The number of hydrogen-bond acceptors (Lipinski definition) is 0. The molecule has 1 aromatic carbocycles. The fraction of sp³-hybridized carbons (Fsp3) is 0.625. The molecule has 17 heavy (non-hydrogen) atoms. The van der Waals surface area contributed by atoms with Crippen LogP contribution in [0.5, 0.6) is 0 Å². The van der Waals surface area contributed by atoms with E-state index in [2.05, 4.69) is 60.1 Å². The van der Waals surface area contributed by atoms with Gasteiger partial charge in [-0.3, -0.25) is 0 Å². The van der Waals surface area contributed by atoms with E-state index in [0.717, 1.165) is 5.92 Å². The molecule has 0 bridgehead atoms. The zero-order valence-electron chi connectivity index (χ0n) is 11.0. The maximum atomic E-state index is 4.00. The highest BCUT2D eigenvalue weighted by atomic mass is 79.9. The first-order chi connectivity index (χ1) is 8.14. The largest absolute Gasteiger partial charge is 0.0833 e. The summed E-state index contributed by atoms with van der Waals surface area (Å²) in [6.07, 6.45) is 6.92. The summed E-state index contributed by atoms with van der Waals surface area (Å²) in [5.74, 6) is 0.789. The first kappa shape index (κ1) is 13.1. The molecule has 0 aliphatic heterocycles. The van der Waals surface area contributed by atoms with Crippen molar-refractivity contribution in [1.29, 1.82) is 0 Å². The van der Waals surface area contributed by atoms with Crippen LogP contribution in [0, 0.1) is 11.3 Å². The number of rotatable bonds is 4. The Balaban J connectivity index is 2.21. The lowest BCUT2D eigenvalue weighted by Gasteiger charge is -2.36. The monoisotopic (exact) mass is 294 g/mol. The van der Waals surface area contributed by atoms with Crippen LogP contribution in [0.4, 0.5) is 0 Å². The lowest BCUT2D eigenvalue weighted by atomic mass is 9.74. The smallest absolute Gasteiger partial charge is 0.0451 e. The summed E-state index contributed by atoms with van der Waals surface area (Å²) in [4.78, 5) is 0.529. The van der Waals surface area contributed by atoms with Crippen LogP contribution in [0.3, 0.4) is 0 Å². The second kappa shape index (κ2) is 5.56. The minimum atomic E-state index is 0.496. The van der Waals surface area contributed by atoms with Crippen molar-refractivity contribution in [3.05, 3.63) is 35.9 Å². The molecule has 1 atom stereocenters. The van der Waals surface area contributed by atoms with Crippen LogP contribution in [0.2, 0.25) is 0 Å². The molecule has 0 saturated heterocycles. The molecule has 0 nitrogen and oxygen atoms in total. The Labute approximate surface area is 114 Å². The Hall–Kier alpha value is -0.300. The van der Waals surface area contributed by atoms with Crippen LogP contribution in [-0.2, 0) is 0 Å². The fourth-order valence-electron chi connectivity index (χ4n) is 3.43. The van der Waals surface area contributed by atoms with Gasteiger partial charge < -0.3 is 0 Å². The quantitative estimate of drug-likeness (QED) is 0.622. The van der Waals surface area contributed by atoms with Gasteiger partial charge in [-0.2, -0.15) is 0 Å². The van der Waals surface area contributed by atoms with Gasteiger partial charge in [0.05, 0.1) is 0 Å². The Morgan fingerprint density at radius 3 is 2.24 bits per heavy atom. The van der Waals surface area contributed by atoms with Crippen molar-refractivity contribution in [1.82, 2.24) is 0 Å². The van der Waals surface area contributed by atoms with Gasteiger partial charge in [-0.1, -0.05) is 73.0 Å². The van der Waals surface area contributed by atoms with E-state index in [1.54, 1.807) is 0 Å². The van der Waals surface area contributed by atoms with E-state index in [1.165, 1.54) is 37.7 Å². The number of hydrogen-bond donors (Lipinski definition) is 0. The van der Waals surface area contributed by atoms with E-state index in [1.807, 2.05) is 0 Å². The summed E-state index contributed by atoms with van der Waals surface area (Å²) in [6.45, 7) is 4.70. The van der Waals surface area contributed by atoms with Crippen molar-refractivity contribution in [3.63, 3.8) is 0 Å². The molecule has 0 radical (unpaired) electrons. The maximum Gasteiger partial charge on any atom is 0.0451 e. The van der Waals surface area contributed by atoms with Crippen LogP contribution < -0.4 is 0 Å². The molecular formula is C16H23Br. The molecule has 0 spiro atoms. The van der Waals surface area contributed by atoms with Gasteiger partial charge in [-0.15, -0.1) is 0 Å². The highest BCUT2D eigenvalue weighted by Gasteiger charge is 2.40. The number of halogens is 1. The second-order valence-electron chi connectivity index (χ2n) is 5.94. The van der Waals surface area contributed by atoms with Crippen LogP contribution >= 0.6 is 15.9 Å². The van der Waals surface area contributed by atoms with E-state index in [4.69, 9.17) is 0 Å². The average molecular weight is 295 g/mol. The summed E-state index contributed by atoms with van der Waals surface area (Å²) in [5, 5.41) is 0. The van der Waals surface area contributed by atoms with Crippen LogP contribution in [0.25, 0.3) is 0 Å². The molecule has 1 aliphatic carbocycles. The molecule has 1 aromatic rings. The van der Waals surface area contributed by atoms with Crippen LogP contribution in [-0.4, -0.2) is 0 Å². The lowest BCUT2D eigenvalue weighted by molar-refractivity contribution is 0.230. The molecule has 0 N–H and O–H groups in total. The first-order valence-electron chi connectivity index (χ1n) is 6.83. The van der Waals surface area contributed by atoms with Crippen molar-refractivity contribution in [2.24, 2.45) is 11.3 Å². The zero-order chi connectivity index (χ0) is 12.3. The summed E-state index contributed by atoms with van der Waals surface area (Å²) in [7, 11) is 0. The third-order valence-corrected chi connectivity index (χ3v) is 5.54. The van der Waals surface area contributed by atoms with Crippen molar-refractivity contribution in [2.75, 3.05) is 0 Å². The molecule has 0 heterocycles. The van der Waals surface area contributed by atoms with Crippen molar-refractivity contribution in [2.45, 2.75) is 50.8 Å². The average Bonchev–Trinajstić information content (AvgIpc) is 2.78. The van der Waals surface area contributed by atoms with Gasteiger partial charge in [-0.25, -0.2) is 0 Å². The zero-order valence-corrected chi connectivity index (χ0v) is 12.5. The third-order valence-electron chi connectivity index (χ3n) is 4.04. The highest BCUT2D eigenvalue weighted by Crippen LogP contribution is 2.55. The summed E-state index contributed by atoms with van der Waals surface area (Å²) >= 11 is 4.00. The molecule has 2 rings (SSSR count). The number of alkyl halides is 1. The van der Waals surface area contributed by atoms with E-state index < -0.39 is 0 Å². The molecule has 1 fully saturated rings. The predicted octanol–water partition coefficient (Wildman–Crippen LogP) is 5.73. The van der Waals surface area contributed by atoms with E-state index in [0.29, 0.717) is 10.2 Å². The minimum Gasteiger partial charge on any atom is -0.0833 e. The molecule has 94 valence electrons. The topological polar surface area (TPSA) is 0 Å². The second-order valence-corrected chi connectivity index (χ2v) is 6.86. The summed E-state index contributed by atoms with van der Waals surface area (Å²) < 4.78 is 0. The summed E-state index contributed by atoms with van der Waals surface area (Å²) in [5.41, 5.74) is 1.95. The Morgan fingerprint density at radius 1 is 1.12 bits per heavy atom. The standard InChI is InChI=1S/C16H23Br/c1-13(2)12-16(10-6-7-11-16)15(17)14-8-4-3-5-9-14/h3-5,8-9,13,15H,6-7,10-12H2,1-2H3. The van der Waals surface area contributed by atoms with Crippen LogP contribution in [0.15, 0.2) is 30.3 Å². The molecule has 1 saturated carbocycles. The minimum absolute atomic E-state index is 0.496. The Kier molecular flexibility index (Phi) is 4.30. The van der Waals surface area contributed by atoms with E-state index >= 15 is 0 Å². The molecule has 0 aromatic heterocycles. The van der Waals surface area contributed by atoms with Crippen molar-refractivity contribution in [3.8, 4) is 0 Å². The first-order valence-corrected chi connectivity index (χ1v) is 7.75. The third kappa shape index (κ3) is 2.93. The number of benzene rings is 1. The van der Waals surface area contributed by atoms with Crippen LogP contribution in [0.1, 0.15) is 56.3 Å². The van der Waals surface area contributed by atoms with Gasteiger partial charge in [-0.05, 0) is 36.2 Å². The van der Waals surface area contributed by atoms with Gasteiger partial charge >= 0.3 is 0 Å². The fourth-order valence-corrected chi connectivity index (χ4v) is 4.38. The van der Waals surface area contributed by atoms with Gasteiger partial charge in [0.2, 0.25) is 0 Å². The highest BCUT2D eigenvalue weighted by molar-refractivity contribution is 9.09. The van der Waals surface area contributed by atoms with Gasteiger partial charge in [0.25, 0.3) is 0 Å². The molecule has 0 amide bonds. The van der Waals surface area contributed by atoms with Crippen molar-refractivity contribution >= 4 is 15.9 Å². The summed E-state index contributed by atoms with van der Waals surface area (Å²) in [6, 6.07) is 10.9. The molecular weight excluding hydrogens is 272 g/mol. The van der Waals surface area contributed by atoms with Gasteiger partial charge in [0.15, 0.2) is 0 Å². The molecule has 1 unspecified atom stereocenters. The van der Waals surface area contributed by atoms with Gasteiger partial charge in [0, 0.05) is 4.83 Å². The van der Waals surface area contributed by atoms with Gasteiger partial charge in [0.1, 0.15) is 0 Å². The molecule has 1 heteroatoms. The lowest BCUT2D eigenvalue weighted by Crippen LogP contribution is -2.24. The van der Waals surface area contributed by atoms with E-state index in [9.17, 15) is 0 Å². The normalized spacial score (nSPS) is 20.7. The SMILES string of the molecule is CC(C)CC1(C(Br)c2ccccc2)CCCC1. The van der Waals surface area contributed by atoms with E-state index in [-0.39, 0.29) is 0 Å².